The summed E-state index contributed by atoms with van der Waals surface area (Å²) in [7, 11) is 0. The molecule has 0 aliphatic rings. The highest BCUT2D eigenvalue weighted by molar-refractivity contribution is 7.99. The lowest BCUT2D eigenvalue weighted by Gasteiger charge is -2.14. The Kier molecular flexibility index (Phi) is 6.00. The predicted molar refractivity (Wildman–Crippen MR) is 97.8 cm³/mol. The first-order chi connectivity index (χ1) is 11.0. The van der Waals surface area contributed by atoms with E-state index in [0.29, 0.717) is 11.5 Å². The van der Waals surface area contributed by atoms with E-state index in [2.05, 4.69) is 13.8 Å². The van der Waals surface area contributed by atoms with Gasteiger partial charge in [0, 0.05) is 0 Å². The van der Waals surface area contributed by atoms with Crippen LogP contribution in [0.5, 0.6) is 11.5 Å². The summed E-state index contributed by atoms with van der Waals surface area (Å²) in [5.74, 6) is 0.695. The van der Waals surface area contributed by atoms with Crippen LogP contribution in [0.2, 0.25) is 0 Å². The van der Waals surface area contributed by atoms with Gasteiger partial charge in [-0.05, 0) is 61.1 Å². The normalized spacial score (nSPS) is 11.0. The minimum absolute atomic E-state index is 0.348. The van der Waals surface area contributed by atoms with Crippen LogP contribution in [0.3, 0.4) is 0 Å². The van der Waals surface area contributed by atoms with Crippen molar-refractivity contribution in [1.82, 2.24) is 0 Å². The van der Waals surface area contributed by atoms with Gasteiger partial charge in [-0.15, -0.1) is 0 Å². The zero-order valence-electron chi connectivity index (χ0n) is 14.4. The molecule has 0 amide bonds. The molecule has 0 heterocycles. The second-order valence-corrected chi connectivity index (χ2v) is 7.23. The molecule has 2 nitrogen and oxygen atoms in total. The Hall–Kier alpha value is -1.61. The van der Waals surface area contributed by atoms with Crippen LogP contribution < -0.4 is 0 Å². The van der Waals surface area contributed by atoms with E-state index in [-0.39, 0.29) is 0 Å². The van der Waals surface area contributed by atoms with Crippen molar-refractivity contribution in [1.29, 1.82) is 0 Å². The first-order valence-corrected chi connectivity index (χ1v) is 9.10. The topological polar surface area (TPSA) is 40.5 Å². The quantitative estimate of drug-likeness (QED) is 0.706. The molecule has 0 saturated heterocycles. The largest absolute Gasteiger partial charge is 0.506 e. The van der Waals surface area contributed by atoms with Gasteiger partial charge < -0.3 is 10.2 Å². The first kappa shape index (κ1) is 17.7. The zero-order valence-corrected chi connectivity index (χ0v) is 15.3. The zero-order chi connectivity index (χ0) is 17.0. The molecule has 3 heteroatoms. The molecule has 0 aliphatic carbocycles. The van der Waals surface area contributed by atoms with Crippen LogP contribution in [-0.4, -0.2) is 10.2 Å². The molecule has 2 aromatic carbocycles. The summed E-state index contributed by atoms with van der Waals surface area (Å²) >= 11 is 1.45. The van der Waals surface area contributed by atoms with E-state index in [9.17, 15) is 10.2 Å². The number of aromatic hydroxyl groups is 2. The highest BCUT2D eigenvalue weighted by Gasteiger charge is 2.14. The molecule has 0 spiro atoms. The van der Waals surface area contributed by atoms with Crippen molar-refractivity contribution in [3.05, 3.63) is 46.5 Å². The summed E-state index contributed by atoms with van der Waals surface area (Å²) in [4.78, 5) is 1.63. The maximum atomic E-state index is 10.5. The van der Waals surface area contributed by atoms with E-state index in [1.54, 1.807) is 0 Å². The third-order valence-corrected chi connectivity index (χ3v) is 4.92. The summed E-state index contributed by atoms with van der Waals surface area (Å²) < 4.78 is 0. The van der Waals surface area contributed by atoms with Gasteiger partial charge in [0.25, 0.3) is 0 Å². The fourth-order valence-corrected chi connectivity index (χ4v) is 4.01. The standard InChI is InChI=1S/C20H26O2S/c1-5-7-15-9-13(3)11-17(19(15)21)23-18-12-14(4)10-16(8-6-2)20(18)22/h9-12,21-22H,5-8H2,1-4H3. The number of phenols is 2. The molecule has 0 atom stereocenters. The van der Waals surface area contributed by atoms with E-state index in [4.69, 9.17) is 0 Å². The second-order valence-electron chi connectivity index (χ2n) is 6.14. The van der Waals surface area contributed by atoms with Crippen LogP contribution in [-0.2, 0) is 12.8 Å². The third-order valence-electron chi connectivity index (χ3n) is 3.86. The van der Waals surface area contributed by atoms with Gasteiger partial charge >= 0.3 is 0 Å². The SMILES string of the molecule is CCCc1cc(C)cc(Sc2cc(C)cc(CCC)c2O)c1O. The number of benzene rings is 2. The number of hydrogen-bond donors (Lipinski definition) is 2. The van der Waals surface area contributed by atoms with Crippen molar-refractivity contribution in [3.63, 3.8) is 0 Å². The van der Waals surface area contributed by atoms with E-state index in [1.807, 2.05) is 38.1 Å². The summed E-state index contributed by atoms with van der Waals surface area (Å²) in [6.07, 6.45) is 3.72. The summed E-state index contributed by atoms with van der Waals surface area (Å²) in [6, 6.07) is 8.06. The number of hydrogen-bond acceptors (Lipinski definition) is 3. The molecule has 2 aromatic rings. The van der Waals surface area contributed by atoms with Crippen molar-refractivity contribution in [2.45, 2.75) is 63.2 Å². The predicted octanol–water partition coefficient (Wildman–Crippen LogP) is 5.77. The smallest absolute Gasteiger partial charge is 0.132 e. The monoisotopic (exact) mass is 330 g/mol. The van der Waals surface area contributed by atoms with Crippen LogP contribution in [0.4, 0.5) is 0 Å². The molecule has 0 bridgehead atoms. The molecule has 2 N–H and O–H groups in total. The Morgan fingerprint density at radius 1 is 0.739 bits per heavy atom. The molecule has 0 radical (unpaired) electrons. The molecule has 0 saturated carbocycles. The second kappa shape index (κ2) is 7.78. The van der Waals surface area contributed by atoms with Crippen molar-refractivity contribution >= 4 is 11.8 Å². The van der Waals surface area contributed by atoms with Gasteiger partial charge in [-0.2, -0.15) is 0 Å². The summed E-state index contributed by atoms with van der Waals surface area (Å²) in [5, 5.41) is 21.1. The van der Waals surface area contributed by atoms with Gasteiger partial charge in [0.1, 0.15) is 11.5 Å². The van der Waals surface area contributed by atoms with Crippen molar-refractivity contribution in [2.75, 3.05) is 0 Å². The highest BCUT2D eigenvalue weighted by atomic mass is 32.2. The minimum atomic E-state index is 0.348. The summed E-state index contributed by atoms with van der Waals surface area (Å²) in [6.45, 7) is 8.30. The average Bonchev–Trinajstić information content (AvgIpc) is 2.49. The average molecular weight is 330 g/mol. The highest BCUT2D eigenvalue weighted by Crippen LogP contribution is 2.43. The Bertz CT molecular complexity index is 633. The third kappa shape index (κ3) is 4.23. The van der Waals surface area contributed by atoms with Gasteiger partial charge in [0.2, 0.25) is 0 Å². The van der Waals surface area contributed by atoms with E-state index < -0.39 is 0 Å². The molecule has 0 aliphatic heterocycles. The van der Waals surface area contributed by atoms with Crippen LogP contribution in [0.25, 0.3) is 0 Å². The van der Waals surface area contributed by atoms with E-state index in [1.165, 1.54) is 11.8 Å². The maximum absolute atomic E-state index is 10.5. The number of rotatable bonds is 6. The Balaban J connectivity index is 2.43. The van der Waals surface area contributed by atoms with Gasteiger partial charge in [-0.1, -0.05) is 50.6 Å². The molecule has 0 fully saturated rings. The minimum Gasteiger partial charge on any atom is -0.506 e. The molecular formula is C20H26O2S. The van der Waals surface area contributed by atoms with E-state index >= 15 is 0 Å². The fraction of sp³-hybridized carbons (Fsp3) is 0.400. The molecule has 2 rings (SSSR count). The van der Waals surface area contributed by atoms with Crippen molar-refractivity contribution in [2.24, 2.45) is 0 Å². The van der Waals surface area contributed by atoms with Crippen LogP contribution in [0.15, 0.2) is 34.1 Å². The van der Waals surface area contributed by atoms with Gasteiger partial charge in [0.05, 0.1) is 9.79 Å². The van der Waals surface area contributed by atoms with Gasteiger partial charge in [-0.3, -0.25) is 0 Å². The molecule has 0 unspecified atom stereocenters. The van der Waals surface area contributed by atoms with Crippen LogP contribution in [0, 0.1) is 13.8 Å². The van der Waals surface area contributed by atoms with Gasteiger partial charge in [0.15, 0.2) is 0 Å². The Labute approximate surface area is 143 Å². The Morgan fingerprint density at radius 3 is 1.48 bits per heavy atom. The lowest BCUT2D eigenvalue weighted by Crippen LogP contribution is -1.91. The van der Waals surface area contributed by atoms with Crippen LogP contribution >= 0.6 is 11.8 Å². The molecular weight excluding hydrogens is 304 g/mol. The fourth-order valence-electron chi connectivity index (χ4n) is 2.83. The lowest BCUT2D eigenvalue weighted by atomic mass is 10.1. The maximum Gasteiger partial charge on any atom is 0.132 e. The van der Waals surface area contributed by atoms with Gasteiger partial charge in [-0.25, -0.2) is 0 Å². The molecule has 23 heavy (non-hydrogen) atoms. The van der Waals surface area contributed by atoms with E-state index in [0.717, 1.165) is 57.7 Å². The summed E-state index contributed by atoms with van der Waals surface area (Å²) in [5.41, 5.74) is 4.23. The first-order valence-electron chi connectivity index (χ1n) is 8.29. The molecule has 0 aromatic heterocycles. The van der Waals surface area contributed by atoms with Crippen molar-refractivity contribution in [3.8, 4) is 11.5 Å². The number of phenolic OH excluding ortho intramolecular Hbond substituents is 2. The lowest BCUT2D eigenvalue weighted by molar-refractivity contribution is 0.451. The van der Waals surface area contributed by atoms with Crippen LogP contribution in [0.1, 0.15) is 48.9 Å². The van der Waals surface area contributed by atoms with Crippen molar-refractivity contribution < 1.29 is 10.2 Å². The Morgan fingerprint density at radius 2 is 1.13 bits per heavy atom. The molecule has 124 valence electrons. The number of aryl methyl sites for hydroxylation is 4.